The second-order valence-corrected chi connectivity index (χ2v) is 6.98. The van der Waals surface area contributed by atoms with Gasteiger partial charge in [-0.15, -0.1) is 10.2 Å². The van der Waals surface area contributed by atoms with E-state index in [-0.39, 0.29) is 18.1 Å². The minimum atomic E-state index is -0.206. The summed E-state index contributed by atoms with van der Waals surface area (Å²) in [5.74, 6) is 1.41. The minimum Gasteiger partial charge on any atom is -0.457 e. The van der Waals surface area contributed by atoms with Gasteiger partial charge >= 0.3 is 5.97 Å². The predicted molar refractivity (Wildman–Crippen MR) is 96.7 cm³/mol. The quantitative estimate of drug-likeness (QED) is 0.658. The second kappa shape index (κ2) is 6.90. The van der Waals surface area contributed by atoms with Crippen LogP contribution in [0.1, 0.15) is 44.3 Å². The topological polar surface area (TPSA) is 78.5 Å². The number of fused-ring (bicyclic) bond motifs is 3. The SMILES string of the molecule is Cn1c(=O)c2ccccc2n2c(COC(=O)CCC3CCCC3)nnc12. The van der Waals surface area contributed by atoms with Crippen molar-refractivity contribution < 1.29 is 9.53 Å². The first-order valence-corrected chi connectivity index (χ1v) is 9.12. The first kappa shape index (κ1) is 16.8. The Balaban J connectivity index is 1.55. The van der Waals surface area contributed by atoms with Crippen LogP contribution in [0.2, 0.25) is 0 Å². The number of hydrogen-bond acceptors (Lipinski definition) is 5. The van der Waals surface area contributed by atoms with Crippen molar-refractivity contribution in [3.8, 4) is 0 Å². The fraction of sp³-hybridized carbons (Fsp3) is 0.474. The highest BCUT2D eigenvalue weighted by atomic mass is 16.5. The van der Waals surface area contributed by atoms with Crippen LogP contribution in [0.5, 0.6) is 0 Å². The van der Waals surface area contributed by atoms with E-state index in [0.717, 1.165) is 6.42 Å². The highest BCUT2D eigenvalue weighted by Gasteiger charge is 2.18. The molecule has 4 rings (SSSR count). The molecule has 0 atom stereocenters. The zero-order valence-corrected chi connectivity index (χ0v) is 14.9. The first-order valence-electron chi connectivity index (χ1n) is 9.12. The molecule has 0 bridgehead atoms. The molecule has 1 fully saturated rings. The molecule has 136 valence electrons. The van der Waals surface area contributed by atoms with E-state index in [0.29, 0.717) is 34.8 Å². The standard InChI is InChI=1S/C19H22N4O3/c1-22-18(25)14-8-4-5-9-15(14)23-16(20-21-19(22)23)12-26-17(24)11-10-13-6-2-3-7-13/h4-5,8-9,13H,2-3,6-7,10-12H2,1H3. The molecule has 0 saturated heterocycles. The van der Waals surface area contributed by atoms with E-state index in [4.69, 9.17) is 4.74 Å². The van der Waals surface area contributed by atoms with Crippen molar-refractivity contribution in [3.63, 3.8) is 0 Å². The summed E-state index contributed by atoms with van der Waals surface area (Å²) in [6, 6.07) is 7.30. The molecule has 3 aromatic rings. The van der Waals surface area contributed by atoms with Gasteiger partial charge in [-0.3, -0.25) is 18.6 Å². The third-order valence-electron chi connectivity index (χ3n) is 5.29. The number of nitrogens with zero attached hydrogens (tertiary/aromatic N) is 4. The highest BCUT2D eigenvalue weighted by molar-refractivity contribution is 5.80. The van der Waals surface area contributed by atoms with Crippen molar-refractivity contribution in [1.82, 2.24) is 19.2 Å². The Morgan fingerprint density at radius 1 is 1.23 bits per heavy atom. The summed E-state index contributed by atoms with van der Waals surface area (Å²) in [4.78, 5) is 24.5. The average molecular weight is 354 g/mol. The van der Waals surface area contributed by atoms with Gasteiger partial charge in [-0.1, -0.05) is 37.8 Å². The van der Waals surface area contributed by atoms with E-state index < -0.39 is 0 Å². The Hall–Kier alpha value is -2.70. The summed E-state index contributed by atoms with van der Waals surface area (Å²) >= 11 is 0. The number of rotatable bonds is 5. The summed E-state index contributed by atoms with van der Waals surface area (Å²) in [5, 5.41) is 8.81. The molecule has 2 heterocycles. The Labute approximate surface area is 150 Å². The number of carbonyl (C=O) groups is 1. The van der Waals surface area contributed by atoms with E-state index in [9.17, 15) is 9.59 Å². The van der Waals surface area contributed by atoms with Crippen molar-refractivity contribution >= 4 is 22.6 Å². The predicted octanol–water partition coefficient (Wildman–Crippen LogP) is 2.59. The normalized spacial score (nSPS) is 15.1. The van der Waals surface area contributed by atoms with Gasteiger partial charge in [0.2, 0.25) is 5.78 Å². The molecule has 7 heteroatoms. The van der Waals surface area contributed by atoms with Crippen LogP contribution >= 0.6 is 0 Å². The van der Waals surface area contributed by atoms with Crippen molar-refractivity contribution in [2.45, 2.75) is 45.1 Å². The van der Waals surface area contributed by atoms with E-state index in [2.05, 4.69) is 10.2 Å². The lowest BCUT2D eigenvalue weighted by molar-refractivity contribution is -0.145. The molecule has 0 spiro atoms. The molecule has 1 aromatic carbocycles. The zero-order chi connectivity index (χ0) is 18.1. The number of carbonyl (C=O) groups excluding carboxylic acids is 1. The molecule has 0 aliphatic heterocycles. The monoisotopic (exact) mass is 354 g/mol. The largest absolute Gasteiger partial charge is 0.457 e. The average Bonchev–Trinajstić information content (AvgIpc) is 3.32. The zero-order valence-electron chi connectivity index (χ0n) is 14.9. The van der Waals surface area contributed by atoms with Crippen LogP contribution in [0.4, 0.5) is 0 Å². The fourth-order valence-electron chi connectivity index (χ4n) is 3.82. The number of para-hydroxylation sites is 1. The molecule has 0 amide bonds. The van der Waals surface area contributed by atoms with Crippen LogP contribution in [-0.4, -0.2) is 25.1 Å². The van der Waals surface area contributed by atoms with Crippen LogP contribution in [0.25, 0.3) is 16.7 Å². The van der Waals surface area contributed by atoms with Crippen LogP contribution in [-0.2, 0) is 23.2 Å². The second-order valence-electron chi connectivity index (χ2n) is 6.98. The maximum absolute atomic E-state index is 12.4. The van der Waals surface area contributed by atoms with Crippen molar-refractivity contribution in [1.29, 1.82) is 0 Å². The Morgan fingerprint density at radius 2 is 2.00 bits per heavy atom. The minimum absolute atomic E-state index is 0.0485. The van der Waals surface area contributed by atoms with Crippen LogP contribution < -0.4 is 5.56 Å². The molecule has 1 aliphatic rings. The molecule has 0 unspecified atom stereocenters. The van der Waals surface area contributed by atoms with E-state index >= 15 is 0 Å². The van der Waals surface area contributed by atoms with E-state index in [1.54, 1.807) is 17.5 Å². The Bertz CT molecular complexity index is 1010. The lowest BCUT2D eigenvalue weighted by Gasteiger charge is -2.09. The van der Waals surface area contributed by atoms with Gasteiger partial charge in [-0.25, -0.2) is 0 Å². The third-order valence-corrected chi connectivity index (χ3v) is 5.29. The lowest BCUT2D eigenvalue weighted by atomic mass is 10.0. The van der Waals surface area contributed by atoms with Crippen molar-refractivity contribution in [2.24, 2.45) is 13.0 Å². The van der Waals surface area contributed by atoms with Gasteiger partial charge in [-0.2, -0.15) is 0 Å². The number of ether oxygens (including phenoxy) is 1. The molecule has 0 N–H and O–H groups in total. The van der Waals surface area contributed by atoms with Gasteiger partial charge < -0.3 is 4.74 Å². The maximum atomic E-state index is 12.4. The number of esters is 1. The van der Waals surface area contributed by atoms with Crippen molar-refractivity contribution in [2.75, 3.05) is 0 Å². The Morgan fingerprint density at radius 3 is 2.81 bits per heavy atom. The van der Waals surface area contributed by atoms with E-state index in [1.165, 1.54) is 30.3 Å². The van der Waals surface area contributed by atoms with Gasteiger partial charge in [0.1, 0.15) is 0 Å². The highest BCUT2D eigenvalue weighted by Crippen LogP contribution is 2.28. The molecule has 1 saturated carbocycles. The fourth-order valence-corrected chi connectivity index (χ4v) is 3.82. The van der Waals surface area contributed by atoms with Crippen LogP contribution in [0.3, 0.4) is 0 Å². The molecule has 1 aliphatic carbocycles. The molecule has 26 heavy (non-hydrogen) atoms. The molecule has 2 aromatic heterocycles. The van der Waals surface area contributed by atoms with Gasteiger partial charge in [0.25, 0.3) is 5.56 Å². The van der Waals surface area contributed by atoms with Gasteiger partial charge in [0, 0.05) is 13.5 Å². The van der Waals surface area contributed by atoms with Gasteiger partial charge in [0.15, 0.2) is 12.4 Å². The number of aromatic nitrogens is 4. The summed E-state index contributed by atoms with van der Waals surface area (Å²) in [6.45, 7) is 0.0485. The molecular formula is C19H22N4O3. The summed E-state index contributed by atoms with van der Waals surface area (Å²) in [7, 11) is 1.66. The summed E-state index contributed by atoms with van der Waals surface area (Å²) in [6.07, 6.45) is 6.34. The van der Waals surface area contributed by atoms with Gasteiger partial charge in [0.05, 0.1) is 10.9 Å². The van der Waals surface area contributed by atoms with E-state index in [1.807, 2.05) is 18.2 Å². The molecular weight excluding hydrogens is 332 g/mol. The van der Waals surface area contributed by atoms with Crippen LogP contribution in [0, 0.1) is 5.92 Å². The first-order chi connectivity index (χ1) is 12.6. The van der Waals surface area contributed by atoms with Gasteiger partial charge in [-0.05, 0) is 24.5 Å². The summed E-state index contributed by atoms with van der Waals surface area (Å²) in [5.41, 5.74) is 0.591. The third kappa shape index (κ3) is 2.98. The smallest absolute Gasteiger partial charge is 0.306 e. The number of hydrogen-bond donors (Lipinski definition) is 0. The maximum Gasteiger partial charge on any atom is 0.306 e. The molecule has 7 nitrogen and oxygen atoms in total. The number of aryl methyl sites for hydroxylation is 1. The number of benzene rings is 1. The lowest BCUT2D eigenvalue weighted by Crippen LogP contribution is -2.20. The molecule has 0 radical (unpaired) electrons. The van der Waals surface area contributed by atoms with Crippen molar-refractivity contribution in [3.05, 3.63) is 40.4 Å². The summed E-state index contributed by atoms with van der Waals surface area (Å²) < 4.78 is 8.66. The van der Waals surface area contributed by atoms with Crippen LogP contribution in [0.15, 0.2) is 29.1 Å². The Kier molecular flexibility index (Phi) is 4.44.